The summed E-state index contributed by atoms with van der Waals surface area (Å²) in [6.07, 6.45) is 1.01. The van der Waals surface area contributed by atoms with Gasteiger partial charge in [0.15, 0.2) is 0 Å². The highest BCUT2D eigenvalue weighted by atomic mass is 16.5. The number of nitrogens with one attached hydrogen (secondary N) is 1. The predicted molar refractivity (Wildman–Crippen MR) is 63.1 cm³/mol. The van der Waals surface area contributed by atoms with Crippen molar-refractivity contribution < 1.29 is 4.74 Å². The van der Waals surface area contributed by atoms with Crippen LogP contribution >= 0.6 is 0 Å². The summed E-state index contributed by atoms with van der Waals surface area (Å²) in [6, 6.07) is 10.3. The number of benzene rings is 1. The van der Waals surface area contributed by atoms with Crippen LogP contribution in [0.4, 0.5) is 0 Å². The smallest absolute Gasteiger partial charge is 0.119 e. The van der Waals surface area contributed by atoms with Gasteiger partial charge in [0.2, 0.25) is 0 Å². The van der Waals surface area contributed by atoms with Gasteiger partial charge >= 0.3 is 0 Å². The zero-order chi connectivity index (χ0) is 10.9. The fourth-order valence-electron chi connectivity index (χ4n) is 1.34. The number of para-hydroxylation sites is 1. The highest BCUT2D eigenvalue weighted by Crippen LogP contribution is 2.07. The van der Waals surface area contributed by atoms with E-state index in [1.165, 1.54) is 0 Å². The standard InChI is InChI=1S/C12H20N2O/c1-11(7-8-13)14-9-10-15-12-5-3-2-4-6-12/h2-6,11,14H,7-10,13H2,1H3. The number of hydrogen-bond acceptors (Lipinski definition) is 3. The summed E-state index contributed by atoms with van der Waals surface area (Å²) in [7, 11) is 0. The third-order valence-electron chi connectivity index (χ3n) is 2.21. The normalized spacial score (nSPS) is 12.4. The molecule has 0 aromatic heterocycles. The zero-order valence-corrected chi connectivity index (χ0v) is 9.28. The molecule has 1 rings (SSSR count). The molecule has 15 heavy (non-hydrogen) atoms. The topological polar surface area (TPSA) is 47.3 Å². The highest BCUT2D eigenvalue weighted by Gasteiger charge is 1.98. The second-order valence-corrected chi connectivity index (χ2v) is 3.59. The molecule has 0 amide bonds. The second kappa shape index (κ2) is 7.26. The lowest BCUT2D eigenvalue weighted by molar-refractivity contribution is 0.305. The first-order valence-electron chi connectivity index (χ1n) is 5.44. The van der Waals surface area contributed by atoms with E-state index in [1.807, 2.05) is 30.3 Å². The Hall–Kier alpha value is -1.06. The Bertz CT molecular complexity index is 251. The van der Waals surface area contributed by atoms with Gasteiger partial charge in [-0.15, -0.1) is 0 Å². The zero-order valence-electron chi connectivity index (χ0n) is 9.28. The van der Waals surface area contributed by atoms with E-state index in [0.29, 0.717) is 12.6 Å². The van der Waals surface area contributed by atoms with Crippen molar-refractivity contribution in [2.45, 2.75) is 19.4 Å². The van der Waals surface area contributed by atoms with Crippen molar-refractivity contribution in [2.24, 2.45) is 5.73 Å². The van der Waals surface area contributed by atoms with Crippen LogP contribution in [0.1, 0.15) is 13.3 Å². The molecule has 84 valence electrons. The van der Waals surface area contributed by atoms with Crippen LogP contribution in [0, 0.1) is 0 Å². The minimum absolute atomic E-state index is 0.467. The molecule has 1 atom stereocenters. The fourth-order valence-corrected chi connectivity index (χ4v) is 1.34. The molecule has 1 aromatic carbocycles. The molecule has 0 saturated heterocycles. The van der Waals surface area contributed by atoms with E-state index in [1.54, 1.807) is 0 Å². The molecule has 3 heteroatoms. The van der Waals surface area contributed by atoms with Gasteiger partial charge in [0.1, 0.15) is 12.4 Å². The van der Waals surface area contributed by atoms with Crippen molar-refractivity contribution >= 4 is 0 Å². The van der Waals surface area contributed by atoms with E-state index in [9.17, 15) is 0 Å². The lowest BCUT2D eigenvalue weighted by Crippen LogP contribution is -2.31. The van der Waals surface area contributed by atoms with E-state index < -0.39 is 0 Å². The molecule has 0 aliphatic rings. The van der Waals surface area contributed by atoms with Crippen LogP contribution in [-0.4, -0.2) is 25.7 Å². The summed E-state index contributed by atoms with van der Waals surface area (Å²) in [5.74, 6) is 0.922. The Kier molecular flexibility index (Phi) is 5.81. The lowest BCUT2D eigenvalue weighted by Gasteiger charge is -2.12. The van der Waals surface area contributed by atoms with Crippen molar-refractivity contribution in [3.63, 3.8) is 0 Å². The molecule has 3 N–H and O–H groups in total. The van der Waals surface area contributed by atoms with E-state index >= 15 is 0 Å². The van der Waals surface area contributed by atoms with Gasteiger partial charge in [-0.3, -0.25) is 0 Å². The first-order valence-corrected chi connectivity index (χ1v) is 5.44. The molecule has 0 bridgehead atoms. The van der Waals surface area contributed by atoms with Crippen molar-refractivity contribution in [3.8, 4) is 5.75 Å². The summed E-state index contributed by atoms with van der Waals surface area (Å²) < 4.78 is 5.54. The maximum Gasteiger partial charge on any atom is 0.119 e. The van der Waals surface area contributed by atoms with Gasteiger partial charge in [-0.25, -0.2) is 0 Å². The van der Waals surface area contributed by atoms with Crippen LogP contribution in [0.25, 0.3) is 0 Å². The van der Waals surface area contributed by atoms with Crippen LogP contribution in [0.5, 0.6) is 5.75 Å². The predicted octanol–water partition coefficient (Wildman–Crippen LogP) is 1.39. The Morgan fingerprint density at radius 1 is 1.33 bits per heavy atom. The Labute approximate surface area is 91.6 Å². The van der Waals surface area contributed by atoms with Crippen LogP contribution in [0.3, 0.4) is 0 Å². The minimum Gasteiger partial charge on any atom is -0.492 e. The summed E-state index contributed by atoms with van der Waals surface area (Å²) >= 11 is 0. The van der Waals surface area contributed by atoms with Gasteiger partial charge < -0.3 is 15.8 Å². The molecule has 0 radical (unpaired) electrons. The van der Waals surface area contributed by atoms with Crippen molar-refractivity contribution in [1.29, 1.82) is 0 Å². The quantitative estimate of drug-likeness (QED) is 0.666. The Balaban J connectivity index is 2.07. The minimum atomic E-state index is 0.467. The molecule has 1 unspecified atom stereocenters. The first-order chi connectivity index (χ1) is 7.33. The molecular weight excluding hydrogens is 188 g/mol. The van der Waals surface area contributed by atoms with E-state index in [0.717, 1.165) is 25.3 Å². The molecule has 0 aliphatic heterocycles. The molecule has 3 nitrogen and oxygen atoms in total. The van der Waals surface area contributed by atoms with Gasteiger partial charge in [0.25, 0.3) is 0 Å². The lowest BCUT2D eigenvalue weighted by atomic mass is 10.2. The maximum absolute atomic E-state index is 5.54. The van der Waals surface area contributed by atoms with Crippen LogP contribution in [0.15, 0.2) is 30.3 Å². The molecule has 0 spiro atoms. The molecule has 1 aromatic rings. The van der Waals surface area contributed by atoms with Gasteiger partial charge in [-0.05, 0) is 32.0 Å². The maximum atomic E-state index is 5.54. The largest absolute Gasteiger partial charge is 0.492 e. The van der Waals surface area contributed by atoms with Crippen LogP contribution in [0.2, 0.25) is 0 Å². The van der Waals surface area contributed by atoms with Gasteiger partial charge in [0, 0.05) is 12.6 Å². The third kappa shape index (κ3) is 5.40. The van der Waals surface area contributed by atoms with Crippen molar-refractivity contribution in [1.82, 2.24) is 5.32 Å². The summed E-state index contributed by atoms with van der Waals surface area (Å²) in [4.78, 5) is 0. The molecule has 0 heterocycles. The molecular formula is C12H20N2O. The number of nitrogens with two attached hydrogens (primary N) is 1. The average Bonchev–Trinajstić information content (AvgIpc) is 2.26. The van der Waals surface area contributed by atoms with Crippen molar-refractivity contribution in [2.75, 3.05) is 19.7 Å². The third-order valence-corrected chi connectivity index (χ3v) is 2.21. The fraction of sp³-hybridized carbons (Fsp3) is 0.500. The molecule has 0 saturated carbocycles. The second-order valence-electron chi connectivity index (χ2n) is 3.59. The monoisotopic (exact) mass is 208 g/mol. The van der Waals surface area contributed by atoms with Gasteiger partial charge in [-0.1, -0.05) is 18.2 Å². The first kappa shape index (κ1) is 12.0. The van der Waals surface area contributed by atoms with Crippen LogP contribution < -0.4 is 15.8 Å². The Morgan fingerprint density at radius 2 is 2.07 bits per heavy atom. The SMILES string of the molecule is CC(CCN)NCCOc1ccccc1. The molecule has 0 aliphatic carbocycles. The van der Waals surface area contributed by atoms with Gasteiger partial charge in [0.05, 0.1) is 0 Å². The number of rotatable bonds is 7. The van der Waals surface area contributed by atoms with E-state index in [4.69, 9.17) is 10.5 Å². The van der Waals surface area contributed by atoms with E-state index in [2.05, 4.69) is 12.2 Å². The summed E-state index contributed by atoms with van der Waals surface area (Å²) in [6.45, 7) is 4.41. The molecule has 0 fully saturated rings. The number of ether oxygens (including phenoxy) is 1. The average molecular weight is 208 g/mol. The Morgan fingerprint density at radius 3 is 2.73 bits per heavy atom. The summed E-state index contributed by atoms with van der Waals surface area (Å²) in [5, 5.41) is 3.35. The van der Waals surface area contributed by atoms with Crippen molar-refractivity contribution in [3.05, 3.63) is 30.3 Å². The summed E-state index contributed by atoms with van der Waals surface area (Å²) in [5.41, 5.74) is 5.45. The van der Waals surface area contributed by atoms with E-state index in [-0.39, 0.29) is 0 Å². The number of hydrogen-bond donors (Lipinski definition) is 2. The van der Waals surface area contributed by atoms with Crippen LogP contribution in [-0.2, 0) is 0 Å². The van der Waals surface area contributed by atoms with Gasteiger partial charge in [-0.2, -0.15) is 0 Å². The highest BCUT2D eigenvalue weighted by molar-refractivity contribution is 5.20.